The zero-order valence-corrected chi connectivity index (χ0v) is 14.9. The number of aryl methyl sites for hydroxylation is 1. The minimum atomic E-state index is -0.411. The Bertz CT molecular complexity index is 985. The number of carbonyl (C=O) groups is 1. The Labute approximate surface area is 148 Å². The number of thiazole rings is 1. The first kappa shape index (κ1) is 17.2. The number of hydrogen-bond acceptors (Lipinski definition) is 4. The molecule has 0 bridgehead atoms. The molecule has 25 heavy (non-hydrogen) atoms. The van der Waals surface area contributed by atoms with Gasteiger partial charge in [-0.3, -0.25) is 4.79 Å². The topological polar surface area (TPSA) is 52.8 Å². The molecular weight excluding hydrogens is 343 g/mol. The van der Waals surface area contributed by atoms with Gasteiger partial charge in [-0.25, -0.2) is 4.39 Å². The molecule has 0 fully saturated rings. The van der Waals surface area contributed by atoms with Gasteiger partial charge in [-0.1, -0.05) is 11.3 Å². The van der Waals surface area contributed by atoms with Crippen LogP contribution in [0.5, 0.6) is 11.5 Å². The number of benzene rings is 2. The molecule has 2 aromatic carbocycles. The first-order chi connectivity index (χ1) is 12.0. The van der Waals surface area contributed by atoms with Crippen molar-refractivity contribution in [1.29, 1.82) is 0 Å². The molecule has 1 heterocycles. The SMILES string of the molecule is CCn1c(=NC(=O)c2cc(OC)cc(OC)c2)sc2cc(F)ccc21. The van der Waals surface area contributed by atoms with E-state index in [0.717, 1.165) is 10.2 Å². The zero-order valence-electron chi connectivity index (χ0n) is 14.1. The summed E-state index contributed by atoms with van der Waals surface area (Å²) in [6.07, 6.45) is 0. The van der Waals surface area contributed by atoms with Crippen LogP contribution < -0.4 is 14.3 Å². The number of hydrogen-bond donors (Lipinski definition) is 0. The largest absolute Gasteiger partial charge is 0.497 e. The predicted molar refractivity (Wildman–Crippen MR) is 94.9 cm³/mol. The van der Waals surface area contributed by atoms with Crippen molar-refractivity contribution in [2.24, 2.45) is 4.99 Å². The van der Waals surface area contributed by atoms with Crippen LogP contribution in [-0.2, 0) is 6.54 Å². The molecule has 1 aromatic heterocycles. The maximum Gasteiger partial charge on any atom is 0.279 e. The fraction of sp³-hybridized carbons (Fsp3) is 0.222. The molecule has 0 saturated heterocycles. The standard InChI is InChI=1S/C18H17FN2O3S/c1-4-21-15-6-5-12(19)9-16(15)25-18(21)20-17(22)11-7-13(23-2)10-14(8-11)24-3/h5-10H,4H2,1-3H3. The molecule has 0 aliphatic rings. The van der Waals surface area contributed by atoms with Crippen molar-refractivity contribution in [1.82, 2.24) is 4.57 Å². The molecule has 130 valence electrons. The van der Waals surface area contributed by atoms with Crippen LogP contribution in [0.15, 0.2) is 41.4 Å². The highest BCUT2D eigenvalue weighted by atomic mass is 32.1. The molecule has 0 aliphatic heterocycles. The third-order valence-electron chi connectivity index (χ3n) is 3.76. The van der Waals surface area contributed by atoms with Crippen LogP contribution in [0, 0.1) is 5.82 Å². The average molecular weight is 360 g/mol. The Morgan fingerprint density at radius 2 is 1.84 bits per heavy atom. The van der Waals surface area contributed by atoms with Gasteiger partial charge in [0.1, 0.15) is 17.3 Å². The molecule has 0 N–H and O–H groups in total. The van der Waals surface area contributed by atoms with Gasteiger partial charge in [-0.2, -0.15) is 4.99 Å². The van der Waals surface area contributed by atoms with Crippen molar-refractivity contribution in [3.63, 3.8) is 0 Å². The monoisotopic (exact) mass is 360 g/mol. The third kappa shape index (κ3) is 3.41. The van der Waals surface area contributed by atoms with Gasteiger partial charge in [0, 0.05) is 18.2 Å². The Balaban J connectivity index is 2.11. The highest BCUT2D eigenvalue weighted by Gasteiger charge is 2.11. The molecule has 0 aliphatic carbocycles. The van der Waals surface area contributed by atoms with Gasteiger partial charge in [-0.05, 0) is 37.3 Å². The number of ether oxygens (including phenoxy) is 2. The van der Waals surface area contributed by atoms with Crippen LogP contribution in [0.4, 0.5) is 4.39 Å². The second-order valence-electron chi connectivity index (χ2n) is 5.26. The molecule has 1 amide bonds. The van der Waals surface area contributed by atoms with Crippen LogP contribution in [0.2, 0.25) is 0 Å². The second kappa shape index (κ2) is 7.06. The van der Waals surface area contributed by atoms with E-state index in [-0.39, 0.29) is 5.82 Å². The van der Waals surface area contributed by atoms with Gasteiger partial charge in [0.2, 0.25) is 0 Å². The van der Waals surface area contributed by atoms with E-state index < -0.39 is 5.91 Å². The minimum Gasteiger partial charge on any atom is -0.497 e. The molecule has 0 unspecified atom stereocenters. The summed E-state index contributed by atoms with van der Waals surface area (Å²) >= 11 is 1.28. The lowest BCUT2D eigenvalue weighted by atomic mass is 10.2. The molecule has 0 spiro atoms. The van der Waals surface area contributed by atoms with Gasteiger partial charge in [-0.15, -0.1) is 0 Å². The minimum absolute atomic E-state index is 0.313. The average Bonchev–Trinajstić information content (AvgIpc) is 2.96. The Kier molecular flexibility index (Phi) is 4.85. The molecule has 5 nitrogen and oxygen atoms in total. The van der Waals surface area contributed by atoms with Crippen LogP contribution in [0.3, 0.4) is 0 Å². The Morgan fingerprint density at radius 3 is 2.44 bits per heavy atom. The molecule has 7 heteroatoms. The van der Waals surface area contributed by atoms with Crippen molar-refractivity contribution in [3.8, 4) is 11.5 Å². The second-order valence-corrected chi connectivity index (χ2v) is 6.27. The summed E-state index contributed by atoms with van der Waals surface area (Å²) in [5.74, 6) is 0.304. The van der Waals surface area contributed by atoms with Crippen molar-refractivity contribution >= 4 is 27.5 Å². The third-order valence-corrected chi connectivity index (χ3v) is 4.80. The van der Waals surface area contributed by atoms with E-state index in [2.05, 4.69) is 4.99 Å². The summed E-state index contributed by atoms with van der Waals surface area (Å²) in [6, 6.07) is 9.45. The fourth-order valence-corrected chi connectivity index (χ4v) is 3.64. The van der Waals surface area contributed by atoms with Gasteiger partial charge in [0.15, 0.2) is 4.80 Å². The number of methoxy groups -OCH3 is 2. The molecule has 0 atom stereocenters. The Hall–Kier alpha value is -2.67. The number of amides is 1. The number of aromatic nitrogens is 1. The van der Waals surface area contributed by atoms with E-state index in [1.807, 2.05) is 11.5 Å². The summed E-state index contributed by atoms with van der Waals surface area (Å²) in [4.78, 5) is 17.4. The first-order valence-electron chi connectivity index (χ1n) is 7.66. The van der Waals surface area contributed by atoms with Crippen molar-refractivity contribution in [2.45, 2.75) is 13.5 Å². The van der Waals surface area contributed by atoms with Crippen LogP contribution >= 0.6 is 11.3 Å². The lowest BCUT2D eigenvalue weighted by Crippen LogP contribution is -2.16. The summed E-state index contributed by atoms with van der Waals surface area (Å²) in [5, 5.41) is 0. The van der Waals surface area contributed by atoms with E-state index >= 15 is 0 Å². The molecule has 0 saturated carbocycles. The van der Waals surface area contributed by atoms with Crippen molar-refractivity contribution < 1.29 is 18.7 Å². The summed E-state index contributed by atoms with van der Waals surface area (Å²) in [5.41, 5.74) is 1.21. The summed E-state index contributed by atoms with van der Waals surface area (Å²) in [6.45, 7) is 2.58. The molecule has 3 aromatic rings. The predicted octanol–water partition coefficient (Wildman–Crippen LogP) is 3.62. The van der Waals surface area contributed by atoms with Gasteiger partial charge < -0.3 is 14.0 Å². The number of nitrogens with zero attached hydrogens (tertiary/aromatic N) is 2. The smallest absolute Gasteiger partial charge is 0.279 e. The molecule has 3 rings (SSSR count). The number of carbonyl (C=O) groups excluding carboxylic acids is 1. The van der Waals surface area contributed by atoms with E-state index in [1.165, 1.54) is 37.7 Å². The van der Waals surface area contributed by atoms with Gasteiger partial charge in [0.25, 0.3) is 5.91 Å². The first-order valence-corrected chi connectivity index (χ1v) is 8.48. The molecule has 0 radical (unpaired) electrons. The number of halogens is 1. The quantitative estimate of drug-likeness (QED) is 0.714. The van der Waals surface area contributed by atoms with E-state index in [0.29, 0.717) is 28.4 Å². The van der Waals surface area contributed by atoms with E-state index in [9.17, 15) is 9.18 Å². The van der Waals surface area contributed by atoms with Gasteiger partial charge in [0.05, 0.1) is 24.4 Å². The maximum atomic E-state index is 13.4. The fourth-order valence-electron chi connectivity index (χ4n) is 2.52. The normalized spacial score (nSPS) is 11.8. The van der Waals surface area contributed by atoms with E-state index in [1.54, 1.807) is 24.3 Å². The van der Waals surface area contributed by atoms with E-state index in [4.69, 9.17) is 9.47 Å². The van der Waals surface area contributed by atoms with Crippen LogP contribution in [0.25, 0.3) is 10.2 Å². The van der Waals surface area contributed by atoms with Gasteiger partial charge >= 0.3 is 0 Å². The highest BCUT2D eigenvalue weighted by Crippen LogP contribution is 2.23. The number of fused-ring (bicyclic) bond motifs is 1. The maximum absolute atomic E-state index is 13.4. The summed E-state index contributed by atoms with van der Waals surface area (Å²) in [7, 11) is 3.04. The lowest BCUT2D eigenvalue weighted by Gasteiger charge is -2.06. The van der Waals surface area contributed by atoms with Crippen LogP contribution in [-0.4, -0.2) is 24.7 Å². The lowest BCUT2D eigenvalue weighted by molar-refractivity contribution is 0.0997. The van der Waals surface area contributed by atoms with Crippen LogP contribution in [0.1, 0.15) is 17.3 Å². The Morgan fingerprint density at radius 1 is 1.16 bits per heavy atom. The zero-order chi connectivity index (χ0) is 18.0. The summed E-state index contributed by atoms with van der Waals surface area (Å²) < 4.78 is 26.4. The van der Waals surface area contributed by atoms with Crippen molar-refractivity contribution in [3.05, 3.63) is 52.6 Å². The number of rotatable bonds is 4. The molecular formula is C18H17FN2O3S. The van der Waals surface area contributed by atoms with Crippen molar-refractivity contribution in [2.75, 3.05) is 14.2 Å². The highest BCUT2D eigenvalue weighted by molar-refractivity contribution is 7.16.